The van der Waals surface area contributed by atoms with Crippen molar-refractivity contribution in [3.05, 3.63) is 41.9 Å². The molecule has 0 radical (unpaired) electrons. The fourth-order valence-electron chi connectivity index (χ4n) is 4.56. The molecule has 3 heterocycles. The van der Waals surface area contributed by atoms with Gasteiger partial charge in [-0.05, 0) is 50.5 Å². The topological polar surface area (TPSA) is 87.3 Å². The molecule has 2 N–H and O–H groups in total. The van der Waals surface area contributed by atoms with Gasteiger partial charge in [-0.2, -0.15) is 0 Å². The Kier molecular flexibility index (Phi) is 4.14. The molecule has 0 amide bonds. The van der Waals surface area contributed by atoms with E-state index >= 15 is 0 Å². The van der Waals surface area contributed by atoms with Gasteiger partial charge in [0.15, 0.2) is 11.5 Å². The molecule has 7 heteroatoms. The van der Waals surface area contributed by atoms with Crippen molar-refractivity contribution in [3.8, 4) is 17.0 Å². The van der Waals surface area contributed by atoms with Gasteiger partial charge in [0.25, 0.3) is 0 Å². The molecule has 1 atom stereocenters. The highest BCUT2D eigenvalue weighted by atomic mass is 16.3. The minimum absolute atomic E-state index is 0.164. The highest BCUT2D eigenvalue weighted by Crippen LogP contribution is 2.37. The van der Waals surface area contributed by atoms with Gasteiger partial charge < -0.3 is 19.7 Å². The molecule has 2 aromatic heterocycles. The first-order valence-corrected chi connectivity index (χ1v) is 10.9. The lowest BCUT2D eigenvalue weighted by Gasteiger charge is -2.19. The van der Waals surface area contributed by atoms with Crippen molar-refractivity contribution >= 4 is 27.8 Å². The highest BCUT2D eigenvalue weighted by molar-refractivity contribution is 5.89. The third kappa shape index (κ3) is 3.29. The minimum Gasteiger partial charge on any atom is -0.507 e. The standard InChI is InChI=1S/C24H25N5O2/c1-13-23-22(31-14(2)26-23)10-18(24(13)30)21-11-25-20-9-17(5-6-19(20)28-21)29-8-7-16(12-29)27-15-3-4-15/h5-6,9-11,15-16,27,30H,3-4,7-8,12H2,1-2H3/t16-/m1/s1. The van der Waals surface area contributed by atoms with E-state index in [0.29, 0.717) is 39.9 Å². The number of hydrogen-bond acceptors (Lipinski definition) is 7. The van der Waals surface area contributed by atoms with Crippen LogP contribution in [0.25, 0.3) is 33.4 Å². The lowest BCUT2D eigenvalue weighted by atomic mass is 10.1. The first-order valence-electron chi connectivity index (χ1n) is 10.9. The molecule has 158 valence electrons. The molecule has 0 unspecified atom stereocenters. The van der Waals surface area contributed by atoms with Gasteiger partial charge in [-0.15, -0.1) is 0 Å². The lowest BCUT2D eigenvalue weighted by molar-refractivity contribution is 0.473. The van der Waals surface area contributed by atoms with E-state index in [1.54, 1.807) is 19.2 Å². The molecule has 2 aromatic carbocycles. The van der Waals surface area contributed by atoms with Crippen LogP contribution in [-0.4, -0.2) is 45.2 Å². The van der Waals surface area contributed by atoms with Crippen molar-refractivity contribution < 1.29 is 9.52 Å². The fraction of sp³-hybridized carbons (Fsp3) is 0.375. The molecule has 6 rings (SSSR count). The van der Waals surface area contributed by atoms with Crippen LogP contribution in [0, 0.1) is 13.8 Å². The molecule has 2 fully saturated rings. The summed E-state index contributed by atoms with van der Waals surface area (Å²) >= 11 is 0. The molecule has 4 aromatic rings. The SMILES string of the molecule is Cc1nc2c(C)c(O)c(-c3cnc4cc(N5CC[C@@H](NC6CC6)C5)ccc4n3)cc2o1. The maximum absolute atomic E-state index is 10.7. The van der Waals surface area contributed by atoms with E-state index in [-0.39, 0.29) is 5.75 Å². The number of oxazole rings is 1. The maximum atomic E-state index is 10.7. The Morgan fingerprint density at radius 1 is 1.06 bits per heavy atom. The smallest absolute Gasteiger partial charge is 0.192 e. The summed E-state index contributed by atoms with van der Waals surface area (Å²) in [5.41, 5.74) is 6.07. The van der Waals surface area contributed by atoms with Gasteiger partial charge in [-0.1, -0.05) is 0 Å². The second-order valence-corrected chi connectivity index (χ2v) is 8.78. The Bertz CT molecular complexity index is 1310. The number of nitrogens with zero attached hydrogens (tertiary/aromatic N) is 4. The molecule has 1 aliphatic heterocycles. The predicted octanol–water partition coefficient (Wildman–Crippen LogP) is 4.09. The Morgan fingerprint density at radius 2 is 1.94 bits per heavy atom. The number of phenolic OH excluding ortho intramolecular Hbond substituents is 1. The summed E-state index contributed by atoms with van der Waals surface area (Å²) in [5, 5.41) is 14.5. The number of anilines is 1. The number of aromatic nitrogens is 3. The maximum Gasteiger partial charge on any atom is 0.192 e. The van der Waals surface area contributed by atoms with Crippen LogP contribution in [0.2, 0.25) is 0 Å². The van der Waals surface area contributed by atoms with E-state index in [1.807, 2.05) is 13.0 Å². The van der Waals surface area contributed by atoms with Crippen molar-refractivity contribution in [1.82, 2.24) is 20.3 Å². The molecule has 0 bridgehead atoms. The van der Waals surface area contributed by atoms with E-state index in [2.05, 4.69) is 32.3 Å². The van der Waals surface area contributed by atoms with Gasteiger partial charge in [0.2, 0.25) is 0 Å². The van der Waals surface area contributed by atoms with E-state index in [4.69, 9.17) is 9.40 Å². The summed E-state index contributed by atoms with van der Waals surface area (Å²) in [4.78, 5) is 16.2. The number of rotatable bonds is 4. The second kappa shape index (κ2) is 6.92. The molecular formula is C24H25N5O2. The summed E-state index contributed by atoms with van der Waals surface area (Å²) in [5.74, 6) is 0.737. The summed E-state index contributed by atoms with van der Waals surface area (Å²) in [6.07, 6.45) is 5.55. The minimum atomic E-state index is 0.164. The molecule has 31 heavy (non-hydrogen) atoms. The fourth-order valence-corrected chi connectivity index (χ4v) is 4.56. The summed E-state index contributed by atoms with van der Waals surface area (Å²) in [6.45, 7) is 5.74. The number of nitrogens with one attached hydrogen (secondary N) is 1. The second-order valence-electron chi connectivity index (χ2n) is 8.78. The zero-order chi connectivity index (χ0) is 21.1. The largest absolute Gasteiger partial charge is 0.507 e. The number of phenols is 1. The van der Waals surface area contributed by atoms with E-state index in [0.717, 1.165) is 30.2 Å². The lowest BCUT2D eigenvalue weighted by Crippen LogP contribution is -2.33. The summed E-state index contributed by atoms with van der Waals surface area (Å²) in [6, 6.07) is 9.36. The van der Waals surface area contributed by atoms with Crippen LogP contribution >= 0.6 is 0 Å². The van der Waals surface area contributed by atoms with Crippen LogP contribution in [0.5, 0.6) is 5.75 Å². The normalized spacial score (nSPS) is 19.0. The molecular weight excluding hydrogens is 390 g/mol. The van der Waals surface area contributed by atoms with E-state index in [9.17, 15) is 5.11 Å². The third-order valence-corrected chi connectivity index (χ3v) is 6.41. The number of hydrogen-bond donors (Lipinski definition) is 2. The molecule has 2 aliphatic rings. The van der Waals surface area contributed by atoms with Gasteiger partial charge in [-0.25, -0.2) is 9.97 Å². The summed E-state index contributed by atoms with van der Waals surface area (Å²) < 4.78 is 5.68. The van der Waals surface area contributed by atoms with Crippen molar-refractivity contribution in [2.24, 2.45) is 0 Å². The van der Waals surface area contributed by atoms with Crippen LogP contribution in [0.4, 0.5) is 5.69 Å². The summed E-state index contributed by atoms with van der Waals surface area (Å²) in [7, 11) is 0. The van der Waals surface area contributed by atoms with Crippen molar-refractivity contribution in [1.29, 1.82) is 0 Å². The molecule has 7 nitrogen and oxygen atoms in total. The van der Waals surface area contributed by atoms with Crippen LogP contribution in [0.15, 0.2) is 34.9 Å². The first kappa shape index (κ1) is 18.6. The van der Waals surface area contributed by atoms with Gasteiger partial charge >= 0.3 is 0 Å². The highest BCUT2D eigenvalue weighted by Gasteiger charge is 2.29. The third-order valence-electron chi connectivity index (χ3n) is 6.41. The van der Waals surface area contributed by atoms with Crippen LogP contribution in [0.3, 0.4) is 0 Å². The molecule has 1 saturated carbocycles. The quantitative estimate of drug-likeness (QED) is 0.519. The number of benzene rings is 2. The first-order chi connectivity index (χ1) is 15.0. The Morgan fingerprint density at radius 3 is 2.77 bits per heavy atom. The van der Waals surface area contributed by atoms with Crippen LogP contribution < -0.4 is 10.2 Å². The van der Waals surface area contributed by atoms with E-state index in [1.165, 1.54) is 24.9 Å². The molecule has 1 aliphatic carbocycles. The van der Waals surface area contributed by atoms with Crippen molar-refractivity contribution in [2.45, 2.75) is 45.2 Å². The van der Waals surface area contributed by atoms with Crippen LogP contribution in [0.1, 0.15) is 30.7 Å². The Balaban J connectivity index is 1.32. The van der Waals surface area contributed by atoms with E-state index < -0.39 is 0 Å². The van der Waals surface area contributed by atoms with Crippen molar-refractivity contribution in [3.63, 3.8) is 0 Å². The molecule has 1 saturated heterocycles. The average Bonchev–Trinajstić information content (AvgIpc) is 3.32. The van der Waals surface area contributed by atoms with Gasteiger partial charge in [-0.3, -0.25) is 4.98 Å². The van der Waals surface area contributed by atoms with Gasteiger partial charge in [0.1, 0.15) is 11.3 Å². The Labute approximate surface area is 180 Å². The van der Waals surface area contributed by atoms with Crippen LogP contribution in [-0.2, 0) is 0 Å². The zero-order valence-corrected chi connectivity index (χ0v) is 17.7. The monoisotopic (exact) mass is 415 g/mol. The zero-order valence-electron chi connectivity index (χ0n) is 17.7. The number of fused-ring (bicyclic) bond motifs is 2. The number of aryl methyl sites for hydroxylation is 2. The van der Waals surface area contributed by atoms with Gasteiger partial charge in [0, 0.05) is 48.9 Å². The molecule has 0 spiro atoms. The Hall–Kier alpha value is -3.19. The van der Waals surface area contributed by atoms with Gasteiger partial charge in [0.05, 0.1) is 22.9 Å². The average molecular weight is 415 g/mol. The number of aromatic hydroxyl groups is 1. The predicted molar refractivity (Wildman–Crippen MR) is 120 cm³/mol. The van der Waals surface area contributed by atoms with Crippen molar-refractivity contribution in [2.75, 3.05) is 18.0 Å².